The van der Waals surface area contributed by atoms with Gasteiger partial charge in [0.2, 0.25) is 0 Å². The number of nitrogens with two attached hydrogens (primary N) is 1. The Labute approximate surface area is 74.7 Å². The summed E-state index contributed by atoms with van der Waals surface area (Å²) < 4.78 is 0. The third-order valence-corrected chi connectivity index (χ3v) is 2.30. The topological polar surface area (TPSA) is 26.0 Å². The second kappa shape index (κ2) is 4.27. The van der Waals surface area contributed by atoms with E-state index in [0.717, 1.165) is 12.8 Å². The summed E-state index contributed by atoms with van der Waals surface area (Å²) in [7, 11) is 0. The molecule has 0 aliphatic heterocycles. The average molecular weight is 163 g/mol. The van der Waals surface area contributed by atoms with E-state index in [4.69, 9.17) is 5.73 Å². The van der Waals surface area contributed by atoms with Crippen LogP contribution >= 0.6 is 0 Å². The summed E-state index contributed by atoms with van der Waals surface area (Å²) in [5.41, 5.74) is 8.65. The van der Waals surface area contributed by atoms with Crippen molar-refractivity contribution in [1.29, 1.82) is 0 Å². The third kappa shape index (κ3) is 1.86. The van der Waals surface area contributed by atoms with Gasteiger partial charge >= 0.3 is 0 Å². The van der Waals surface area contributed by atoms with Crippen LogP contribution in [-0.2, 0) is 0 Å². The average Bonchev–Trinajstić information content (AvgIpc) is 2.43. The highest BCUT2D eigenvalue weighted by atomic mass is 14.7. The molecule has 2 N–H and O–H groups in total. The molecule has 0 heterocycles. The number of hydrogen-bond donors (Lipinski definition) is 1. The van der Waals surface area contributed by atoms with Gasteiger partial charge in [0.15, 0.2) is 0 Å². The first kappa shape index (κ1) is 9.27. The Morgan fingerprint density at radius 2 is 2.17 bits per heavy atom. The predicted molar refractivity (Wildman–Crippen MR) is 53.9 cm³/mol. The van der Waals surface area contributed by atoms with Crippen LogP contribution in [0.25, 0.3) is 0 Å². The monoisotopic (exact) mass is 163 g/mol. The van der Waals surface area contributed by atoms with Crippen molar-refractivity contribution in [1.82, 2.24) is 0 Å². The highest BCUT2D eigenvalue weighted by Gasteiger charge is 2.19. The lowest BCUT2D eigenvalue weighted by Gasteiger charge is -2.03. The molecule has 1 saturated carbocycles. The predicted octanol–water partition coefficient (Wildman–Crippen LogP) is 2.56. The van der Waals surface area contributed by atoms with E-state index < -0.39 is 0 Å². The summed E-state index contributed by atoms with van der Waals surface area (Å²) in [5, 5.41) is 0. The summed E-state index contributed by atoms with van der Waals surface area (Å²) in [6.07, 6.45) is 10.7. The number of allylic oxidation sites excluding steroid dienone is 4. The molecule has 1 rings (SSSR count). The van der Waals surface area contributed by atoms with Crippen molar-refractivity contribution in [2.45, 2.75) is 32.7 Å². The summed E-state index contributed by atoms with van der Waals surface area (Å²) in [4.78, 5) is 0. The molecule has 1 atom stereocenters. The second-order valence-corrected chi connectivity index (χ2v) is 3.11. The van der Waals surface area contributed by atoms with E-state index in [1.54, 1.807) is 0 Å². The number of rotatable bonds is 1. The van der Waals surface area contributed by atoms with Crippen LogP contribution < -0.4 is 5.73 Å². The molecule has 0 spiro atoms. The molecule has 0 radical (unpaired) electrons. The highest BCUT2D eigenvalue weighted by Crippen LogP contribution is 2.29. The van der Waals surface area contributed by atoms with E-state index in [-0.39, 0.29) is 6.04 Å². The minimum absolute atomic E-state index is 0.270. The fourth-order valence-corrected chi connectivity index (χ4v) is 1.64. The van der Waals surface area contributed by atoms with Crippen molar-refractivity contribution in [2.75, 3.05) is 0 Å². The molecule has 1 unspecified atom stereocenters. The van der Waals surface area contributed by atoms with Gasteiger partial charge in [-0.15, -0.1) is 0 Å². The summed E-state index contributed by atoms with van der Waals surface area (Å²) >= 11 is 0. The summed E-state index contributed by atoms with van der Waals surface area (Å²) in [6, 6.07) is 0.270. The van der Waals surface area contributed by atoms with Gasteiger partial charge in [-0.05, 0) is 37.8 Å². The molecule has 0 aromatic heterocycles. The Balaban J connectivity index is 2.80. The maximum atomic E-state index is 5.92. The first-order valence-corrected chi connectivity index (χ1v) is 4.53. The first-order chi connectivity index (χ1) is 5.79. The van der Waals surface area contributed by atoms with Gasteiger partial charge in [0.05, 0.1) is 0 Å². The minimum Gasteiger partial charge on any atom is -0.324 e. The molecular weight excluding hydrogens is 146 g/mol. The Bertz CT molecular complexity index is 233. The second-order valence-electron chi connectivity index (χ2n) is 3.11. The van der Waals surface area contributed by atoms with E-state index in [0.29, 0.717) is 0 Å². The molecule has 1 fully saturated rings. The highest BCUT2D eigenvalue weighted by molar-refractivity contribution is 5.41. The van der Waals surface area contributed by atoms with E-state index in [1.165, 1.54) is 11.1 Å². The van der Waals surface area contributed by atoms with Gasteiger partial charge in [-0.25, -0.2) is 0 Å². The molecule has 0 bridgehead atoms. The molecule has 0 aromatic rings. The minimum atomic E-state index is 0.270. The van der Waals surface area contributed by atoms with Gasteiger partial charge in [-0.3, -0.25) is 0 Å². The normalized spacial score (nSPS) is 31.1. The van der Waals surface area contributed by atoms with Crippen LogP contribution in [0.3, 0.4) is 0 Å². The maximum Gasteiger partial charge on any atom is 0.0297 e. The smallest absolute Gasteiger partial charge is 0.0297 e. The molecule has 1 aliphatic carbocycles. The van der Waals surface area contributed by atoms with Gasteiger partial charge in [0, 0.05) is 6.04 Å². The van der Waals surface area contributed by atoms with Crippen LogP contribution in [0.5, 0.6) is 0 Å². The maximum absolute atomic E-state index is 5.92. The van der Waals surface area contributed by atoms with E-state index in [1.807, 2.05) is 13.0 Å². The number of hydrogen-bond acceptors (Lipinski definition) is 1. The van der Waals surface area contributed by atoms with Crippen LogP contribution in [0.4, 0.5) is 0 Å². The SMILES string of the molecule is C\C=C/C=C1/CCC(N)/C1=C/C. The van der Waals surface area contributed by atoms with E-state index >= 15 is 0 Å². The van der Waals surface area contributed by atoms with Crippen LogP contribution in [0.2, 0.25) is 0 Å². The molecule has 1 aliphatic rings. The fourth-order valence-electron chi connectivity index (χ4n) is 1.64. The molecular formula is C11H17N. The van der Waals surface area contributed by atoms with Crippen LogP contribution in [0.15, 0.2) is 35.5 Å². The van der Waals surface area contributed by atoms with Crippen LogP contribution in [-0.4, -0.2) is 6.04 Å². The van der Waals surface area contributed by atoms with Crippen molar-refractivity contribution in [3.8, 4) is 0 Å². The van der Waals surface area contributed by atoms with Gasteiger partial charge in [-0.2, -0.15) is 0 Å². The molecule has 0 saturated heterocycles. The Morgan fingerprint density at radius 1 is 1.42 bits per heavy atom. The van der Waals surface area contributed by atoms with Crippen molar-refractivity contribution < 1.29 is 0 Å². The van der Waals surface area contributed by atoms with E-state index in [9.17, 15) is 0 Å². The van der Waals surface area contributed by atoms with Crippen molar-refractivity contribution in [3.05, 3.63) is 35.5 Å². The molecule has 1 nitrogen and oxygen atoms in total. The van der Waals surface area contributed by atoms with Gasteiger partial charge in [0.1, 0.15) is 0 Å². The zero-order valence-electron chi connectivity index (χ0n) is 7.88. The van der Waals surface area contributed by atoms with Crippen LogP contribution in [0, 0.1) is 0 Å². The van der Waals surface area contributed by atoms with Crippen LogP contribution in [0.1, 0.15) is 26.7 Å². The van der Waals surface area contributed by atoms with Crippen molar-refractivity contribution in [3.63, 3.8) is 0 Å². The summed E-state index contributed by atoms with van der Waals surface area (Å²) in [5.74, 6) is 0. The lowest BCUT2D eigenvalue weighted by Crippen LogP contribution is -2.16. The van der Waals surface area contributed by atoms with E-state index in [2.05, 4.69) is 25.2 Å². The lowest BCUT2D eigenvalue weighted by molar-refractivity contribution is 0.778. The first-order valence-electron chi connectivity index (χ1n) is 4.53. The van der Waals surface area contributed by atoms with Gasteiger partial charge < -0.3 is 5.73 Å². The van der Waals surface area contributed by atoms with Crippen molar-refractivity contribution >= 4 is 0 Å². The quantitative estimate of drug-likeness (QED) is 0.631. The lowest BCUT2D eigenvalue weighted by atomic mass is 10.1. The Morgan fingerprint density at radius 3 is 2.75 bits per heavy atom. The zero-order valence-corrected chi connectivity index (χ0v) is 7.88. The molecule has 1 heteroatoms. The fraction of sp³-hybridized carbons (Fsp3) is 0.455. The largest absolute Gasteiger partial charge is 0.324 e. The Hall–Kier alpha value is -0.820. The van der Waals surface area contributed by atoms with Crippen molar-refractivity contribution in [2.24, 2.45) is 5.73 Å². The molecule has 0 amide bonds. The molecule has 0 aromatic carbocycles. The third-order valence-electron chi connectivity index (χ3n) is 2.30. The molecule has 66 valence electrons. The summed E-state index contributed by atoms with van der Waals surface area (Å²) in [6.45, 7) is 4.09. The zero-order chi connectivity index (χ0) is 8.97. The van der Waals surface area contributed by atoms with Gasteiger partial charge in [-0.1, -0.05) is 24.3 Å². The Kier molecular flexibility index (Phi) is 3.30. The molecule has 12 heavy (non-hydrogen) atoms. The standard InChI is InChI=1S/C11H17N/c1-3-5-6-9-7-8-11(12)10(9)4-2/h3-6,11H,7-8,12H2,1-2H3/b5-3-,9-6-,10-4+. The van der Waals surface area contributed by atoms with Gasteiger partial charge in [0.25, 0.3) is 0 Å².